The lowest BCUT2D eigenvalue weighted by atomic mass is 10.2. The van der Waals surface area contributed by atoms with Crippen LogP contribution >= 0.6 is 0 Å². The fourth-order valence-corrected chi connectivity index (χ4v) is 5.53. The molecule has 2 fully saturated rings. The fourth-order valence-electron chi connectivity index (χ4n) is 5.53. The van der Waals surface area contributed by atoms with Crippen LogP contribution in [0.5, 0.6) is 0 Å². The van der Waals surface area contributed by atoms with Gasteiger partial charge in [-0.1, -0.05) is 35.5 Å². The maximum Gasteiger partial charge on any atom is 0.273 e. The van der Waals surface area contributed by atoms with Gasteiger partial charge in [-0.15, -0.1) is 0 Å². The monoisotopic (exact) mass is 516 g/mol. The third-order valence-electron chi connectivity index (χ3n) is 7.68. The van der Waals surface area contributed by atoms with E-state index in [2.05, 4.69) is 15.0 Å². The molecular formula is C27H32N8O3. The predicted molar refractivity (Wildman–Crippen MR) is 141 cm³/mol. The first kappa shape index (κ1) is 24.3. The van der Waals surface area contributed by atoms with Gasteiger partial charge in [0.25, 0.3) is 5.91 Å². The van der Waals surface area contributed by atoms with Gasteiger partial charge >= 0.3 is 0 Å². The Bertz CT molecular complexity index is 1350. The maximum atomic E-state index is 13.4. The average molecular weight is 517 g/mol. The van der Waals surface area contributed by atoms with Crippen molar-refractivity contribution in [3.05, 3.63) is 47.5 Å². The highest BCUT2D eigenvalue weighted by Gasteiger charge is 2.40. The van der Waals surface area contributed by atoms with Crippen LogP contribution in [0.25, 0.3) is 11.4 Å². The molecule has 11 nitrogen and oxygen atoms in total. The molecule has 0 radical (unpaired) electrons. The summed E-state index contributed by atoms with van der Waals surface area (Å²) in [6, 6.07) is 9.69. The van der Waals surface area contributed by atoms with Crippen LogP contribution in [0.4, 0.5) is 11.8 Å². The molecule has 3 aliphatic heterocycles. The molecule has 2 aromatic heterocycles. The zero-order chi connectivity index (χ0) is 26.4. The molecule has 5 heterocycles. The lowest BCUT2D eigenvalue weighted by Gasteiger charge is -2.35. The minimum atomic E-state index is -0.135. The first-order valence-electron chi connectivity index (χ1n) is 13.3. The van der Waals surface area contributed by atoms with E-state index in [4.69, 9.17) is 19.5 Å². The highest BCUT2D eigenvalue weighted by atomic mass is 16.5. The van der Waals surface area contributed by atoms with Gasteiger partial charge in [0.15, 0.2) is 0 Å². The van der Waals surface area contributed by atoms with Crippen molar-refractivity contribution in [3.8, 4) is 11.4 Å². The number of nitrogens with zero attached hydrogens (tertiary/aromatic N) is 8. The number of benzene rings is 1. The number of carbonyl (C=O) groups excluding carboxylic acids is 2. The van der Waals surface area contributed by atoms with Crippen molar-refractivity contribution in [1.82, 2.24) is 29.9 Å². The topological polar surface area (TPSA) is 112 Å². The zero-order valence-electron chi connectivity index (χ0n) is 22.0. The van der Waals surface area contributed by atoms with E-state index >= 15 is 0 Å². The second kappa shape index (κ2) is 9.70. The quantitative estimate of drug-likeness (QED) is 0.505. The number of piperazine rings is 1. The largest absolute Gasteiger partial charge is 0.344 e. The molecule has 198 valence electrons. The highest BCUT2D eigenvalue weighted by Crippen LogP contribution is 2.40. The summed E-state index contributed by atoms with van der Waals surface area (Å²) in [7, 11) is 0. The van der Waals surface area contributed by atoms with Gasteiger partial charge in [-0.05, 0) is 26.7 Å². The molecule has 0 spiro atoms. The smallest absolute Gasteiger partial charge is 0.273 e. The van der Waals surface area contributed by atoms with E-state index in [0.29, 0.717) is 56.1 Å². The second-order valence-electron chi connectivity index (χ2n) is 10.4. The summed E-state index contributed by atoms with van der Waals surface area (Å²) in [5.74, 6) is 2.40. The van der Waals surface area contributed by atoms with E-state index < -0.39 is 0 Å². The zero-order valence-corrected chi connectivity index (χ0v) is 22.0. The Morgan fingerprint density at radius 2 is 1.79 bits per heavy atom. The summed E-state index contributed by atoms with van der Waals surface area (Å²) in [4.78, 5) is 47.7. The molecule has 3 aromatic rings. The van der Waals surface area contributed by atoms with Crippen molar-refractivity contribution in [2.45, 2.75) is 52.2 Å². The average Bonchev–Trinajstić information content (AvgIpc) is 3.68. The molecular weight excluding hydrogens is 484 g/mol. The van der Waals surface area contributed by atoms with Gasteiger partial charge in [0, 0.05) is 56.8 Å². The molecule has 38 heavy (non-hydrogen) atoms. The number of rotatable bonds is 5. The number of amides is 2. The molecule has 3 aliphatic rings. The van der Waals surface area contributed by atoms with Crippen LogP contribution in [0.2, 0.25) is 0 Å². The van der Waals surface area contributed by atoms with Gasteiger partial charge in [-0.3, -0.25) is 9.59 Å². The maximum absolute atomic E-state index is 13.4. The van der Waals surface area contributed by atoms with Crippen molar-refractivity contribution in [2.75, 3.05) is 42.5 Å². The molecule has 6 rings (SSSR count). The first-order chi connectivity index (χ1) is 18.4. The molecule has 0 aliphatic carbocycles. The lowest BCUT2D eigenvalue weighted by Crippen LogP contribution is -2.48. The van der Waals surface area contributed by atoms with Crippen LogP contribution in [-0.2, 0) is 11.3 Å². The van der Waals surface area contributed by atoms with Crippen molar-refractivity contribution >= 4 is 23.6 Å². The fraction of sp³-hybridized carbons (Fsp3) is 0.481. The molecule has 0 saturated carbocycles. The summed E-state index contributed by atoms with van der Waals surface area (Å²) in [5, 5.41) is 4.24. The standard InChI is InChI=1S/C27H32N8O3/c1-17(2)35-16-20-22(26(35)37)28-27(33-14-12-32(13-15-33)18(3)36)30-24(20)34-11-7-10-21(34)25-29-23(31-38-25)19-8-5-4-6-9-19/h4-6,8-9,17,21H,7,10-16H2,1-3H3. The minimum absolute atomic E-state index is 0.0471. The number of anilines is 2. The molecule has 2 saturated heterocycles. The van der Waals surface area contributed by atoms with Gasteiger partial charge in [0.05, 0.1) is 6.54 Å². The molecule has 1 atom stereocenters. The Labute approximate surface area is 221 Å². The number of hydrogen-bond donors (Lipinski definition) is 0. The van der Waals surface area contributed by atoms with E-state index in [1.165, 1.54) is 0 Å². The summed E-state index contributed by atoms with van der Waals surface area (Å²) in [5.41, 5.74) is 2.22. The number of aromatic nitrogens is 4. The summed E-state index contributed by atoms with van der Waals surface area (Å²) in [6.45, 7) is 9.31. The van der Waals surface area contributed by atoms with Crippen LogP contribution in [-0.4, -0.2) is 80.5 Å². The Kier molecular flexibility index (Phi) is 6.21. The second-order valence-corrected chi connectivity index (χ2v) is 10.4. The predicted octanol–water partition coefficient (Wildman–Crippen LogP) is 2.90. The number of hydrogen-bond acceptors (Lipinski definition) is 9. The van der Waals surface area contributed by atoms with E-state index in [1.54, 1.807) is 6.92 Å². The van der Waals surface area contributed by atoms with E-state index in [1.807, 2.05) is 54.0 Å². The van der Waals surface area contributed by atoms with Crippen LogP contribution in [0.15, 0.2) is 34.9 Å². The van der Waals surface area contributed by atoms with Gasteiger partial charge in [0.1, 0.15) is 17.6 Å². The Morgan fingerprint density at radius 3 is 2.50 bits per heavy atom. The highest BCUT2D eigenvalue weighted by molar-refractivity contribution is 5.98. The van der Waals surface area contributed by atoms with Gasteiger partial charge in [0.2, 0.25) is 23.6 Å². The normalized spacial score (nSPS) is 19.6. The SMILES string of the molecule is CC(=O)N1CCN(c2nc3c(c(N4CCCC4c4nc(-c5ccccc5)no4)n2)CN(C(C)C)C3=O)CC1. The van der Waals surface area contributed by atoms with Crippen LogP contribution in [0.1, 0.15) is 61.6 Å². The number of fused-ring (bicyclic) bond motifs is 1. The van der Waals surface area contributed by atoms with Crippen molar-refractivity contribution in [2.24, 2.45) is 0 Å². The Morgan fingerprint density at radius 1 is 1.03 bits per heavy atom. The van der Waals surface area contributed by atoms with E-state index in [-0.39, 0.29) is 23.9 Å². The molecule has 11 heteroatoms. The molecule has 0 bridgehead atoms. The van der Waals surface area contributed by atoms with Crippen LogP contribution in [0, 0.1) is 0 Å². The first-order valence-corrected chi connectivity index (χ1v) is 13.3. The molecule has 0 N–H and O–H groups in total. The lowest BCUT2D eigenvalue weighted by molar-refractivity contribution is -0.129. The Hall–Kier alpha value is -4.02. The van der Waals surface area contributed by atoms with Gasteiger partial charge < -0.3 is 24.1 Å². The van der Waals surface area contributed by atoms with Crippen LogP contribution < -0.4 is 9.80 Å². The Balaban J connectivity index is 1.36. The van der Waals surface area contributed by atoms with E-state index in [0.717, 1.165) is 36.3 Å². The summed E-state index contributed by atoms with van der Waals surface area (Å²) < 4.78 is 5.76. The van der Waals surface area contributed by atoms with Crippen LogP contribution in [0.3, 0.4) is 0 Å². The van der Waals surface area contributed by atoms with E-state index in [9.17, 15) is 9.59 Å². The van der Waals surface area contributed by atoms with Crippen molar-refractivity contribution in [3.63, 3.8) is 0 Å². The molecule has 1 aromatic carbocycles. The van der Waals surface area contributed by atoms with Crippen molar-refractivity contribution in [1.29, 1.82) is 0 Å². The van der Waals surface area contributed by atoms with Crippen molar-refractivity contribution < 1.29 is 14.1 Å². The minimum Gasteiger partial charge on any atom is -0.344 e. The summed E-state index contributed by atoms with van der Waals surface area (Å²) in [6.07, 6.45) is 1.80. The third-order valence-corrected chi connectivity index (χ3v) is 7.68. The third kappa shape index (κ3) is 4.25. The van der Waals surface area contributed by atoms with Gasteiger partial charge in [-0.25, -0.2) is 4.98 Å². The number of carbonyl (C=O) groups is 2. The molecule has 2 amide bonds. The molecule has 1 unspecified atom stereocenters. The van der Waals surface area contributed by atoms with Gasteiger partial charge in [-0.2, -0.15) is 9.97 Å². The summed E-state index contributed by atoms with van der Waals surface area (Å²) >= 11 is 0.